The molecule has 0 saturated carbocycles. The zero-order valence-electron chi connectivity index (χ0n) is 14.5. The van der Waals surface area contributed by atoms with Crippen molar-refractivity contribution in [1.29, 1.82) is 0 Å². The molecular formula is C15H30O3Si3. The monoisotopic (exact) mass is 342 g/mol. The number of hydrogen-bond donors (Lipinski definition) is 0. The predicted molar refractivity (Wildman–Crippen MR) is 98.5 cm³/mol. The van der Waals surface area contributed by atoms with Gasteiger partial charge in [-0.05, 0) is 6.04 Å². The van der Waals surface area contributed by atoms with Gasteiger partial charge >= 0.3 is 8.80 Å². The van der Waals surface area contributed by atoms with Crippen LogP contribution in [0.5, 0.6) is 0 Å². The Balaban J connectivity index is 2.81. The van der Waals surface area contributed by atoms with Crippen molar-refractivity contribution in [3.63, 3.8) is 0 Å². The summed E-state index contributed by atoms with van der Waals surface area (Å²) in [5.41, 5.74) is 0. The van der Waals surface area contributed by atoms with Crippen molar-refractivity contribution in [1.82, 2.24) is 0 Å². The first-order chi connectivity index (χ1) is 9.80. The van der Waals surface area contributed by atoms with E-state index < -0.39 is 25.7 Å². The van der Waals surface area contributed by atoms with Crippen LogP contribution in [0.4, 0.5) is 0 Å². The van der Waals surface area contributed by atoms with Crippen molar-refractivity contribution >= 4 is 36.0 Å². The van der Waals surface area contributed by atoms with Crippen LogP contribution in [0, 0.1) is 0 Å². The van der Waals surface area contributed by atoms with Crippen molar-refractivity contribution in [2.75, 3.05) is 21.3 Å². The Kier molecular flexibility index (Phi) is 7.02. The maximum absolute atomic E-state index is 5.54. The van der Waals surface area contributed by atoms with Crippen molar-refractivity contribution in [2.45, 2.75) is 38.3 Å². The molecule has 1 aromatic rings. The van der Waals surface area contributed by atoms with E-state index >= 15 is 0 Å². The molecule has 0 aliphatic heterocycles. The Morgan fingerprint density at radius 1 is 0.857 bits per heavy atom. The molecule has 6 heteroatoms. The summed E-state index contributed by atoms with van der Waals surface area (Å²) in [6, 6.07) is 11.3. The van der Waals surface area contributed by atoms with Gasteiger partial charge < -0.3 is 13.3 Å². The van der Waals surface area contributed by atoms with Gasteiger partial charge in [0.05, 0.1) is 16.9 Å². The molecule has 0 aliphatic carbocycles. The highest BCUT2D eigenvalue weighted by atomic mass is 28.4. The van der Waals surface area contributed by atoms with E-state index in [0.29, 0.717) is 0 Å². The molecule has 0 N–H and O–H groups in total. The molecule has 0 bridgehead atoms. The molecule has 0 atom stereocenters. The van der Waals surface area contributed by atoms with Crippen LogP contribution in [0.15, 0.2) is 24.3 Å². The molecule has 0 saturated heterocycles. The van der Waals surface area contributed by atoms with Crippen LogP contribution in [0.2, 0.25) is 38.3 Å². The second-order valence-corrected chi connectivity index (χ2v) is 17.4. The fraction of sp³-hybridized carbons (Fsp3) is 0.600. The van der Waals surface area contributed by atoms with Crippen molar-refractivity contribution < 1.29 is 13.3 Å². The zero-order valence-corrected chi connectivity index (χ0v) is 17.7. The molecule has 0 amide bonds. The summed E-state index contributed by atoms with van der Waals surface area (Å²) in [5, 5.41) is 3.05. The van der Waals surface area contributed by atoms with Crippen LogP contribution in [-0.2, 0) is 13.3 Å². The molecule has 0 aliphatic rings. The molecule has 0 unspecified atom stereocenters. The highest BCUT2D eigenvalue weighted by Gasteiger charge is 2.40. The lowest BCUT2D eigenvalue weighted by Gasteiger charge is -2.29. The minimum Gasteiger partial charge on any atom is -0.377 e. The van der Waals surface area contributed by atoms with Gasteiger partial charge in [-0.3, -0.25) is 0 Å². The molecule has 0 fully saturated rings. The summed E-state index contributed by atoms with van der Waals surface area (Å²) in [4.78, 5) is 0. The van der Waals surface area contributed by atoms with E-state index in [1.54, 1.807) is 21.3 Å². The summed E-state index contributed by atoms with van der Waals surface area (Å²) >= 11 is 0. The third kappa shape index (κ3) is 4.87. The van der Waals surface area contributed by atoms with Gasteiger partial charge in [0, 0.05) is 27.4 Å². The lowest BCUT2D eigenvalue weighted by atomic mass is 10.4. The number of rotatable bonds is 8. The van der Waals surface area contributed by atoms with Gasteiger partial charge in [0.1, 0.15) is 0 Å². The van der Waals surface area contributed by atoms with E-state index in [2.05, 4.69) is 50.5 Å². The molecule has 21 heavy (non-hydrogen) atoms. The Bertz CT molecular complexity index is 420. The van der Waals surface area contributed by atoms with Crippen LogP contribution in [0.3, 0.4) is 0 Å². The van der Waals surface area contributed by atoms with E-state index in [1.165, 1.54) is 10.4 Å². The highest BCUT2D eigenvalue weighted by Crippen LogP contribution is 2.21. The topological polar surface area (TPSA) is 27.7 Å². The fourth-order valence-electron chi connectivity index (χ4n) is 2.49. The molecule has 1 rings (SSSR count). The molecule has 0 aromatic heterocycles. The smallest absolute Gasteiger partial charge is 0.377 e. The largest absolute Gasteiger partial charge is 0.499 e. The molecular weight excluding hydrogens is 312 g/mol. The van der Waals surface area contributed by atoms with E-state index in [1.807, 2.05) is 0 Å². The van der Waals surface area contributed by atoms with E-state index in [-0.39, 0.29) is 0 Å². The second-order valence-electron chi connectivity index (χ2n) is 6.46. The maximum Gasteiger partial charge on any atom is 0.499 e. The average Bonchev–Trinajstić information content (AvgIpc) is 2.49. The van der Waals surface area contributed by atoms with Crippen LogP contribution in [0.25, 0.3) is 0 Å². The molecule has 3 nitrogen and oxygen atoms in total. The van der Waals surface area contributed by atoms with Crippen LogP contribution in [-0.4, -0.2) is 47.0 Å². The van der Waals surface area contributed by atoms with Crippen molar-refractivity contribution in [3.05, 3.63) is 24.3 Å². The quantitative estimate of drug-likeness (QED) is 0.678. The zero-order chi connectivity index (χ0) is 16.1. The normalized spacial score (nSPS) is 13.0. The molecule has 0 radical (unpaired) electrons. The van der Waals surface area contributed by atoms with Crippen molar-refractivity contribution in [2.24, 2.45) is 0 Å². The summed E-state index contributed by atoms with van der Waals surface area (Å²) < 4.78 is 16.6. The Labute approximate surface area is 133 Å². The SMILES string of the molecule is CO[Si](CC[Si](C)(C)c1ccc([SiH](C)C)cc1)(OC)OC. The van der Waals surface area contributed by atoms with Gasteiger partial charge in [-0.2, -0.15) is 0 Å². The van der Waals surface area contributed by atoms with Gasteiger partial charge in [0.2, 0.25) is 0 Å². The van der Waals surface area contributed by atoms with Gasteiger partial charge in [0.25, 0.3) is 0 Å². The summed E-state index contributed by atoms with van der Waals surface area (Å²) in [6.45, 7) is 9.56. The number of hydrogen-bond acceptors (Lipinski definition) is 3. The Morgan fingerprint density at radius 2 is 1.33 bits per heavy atom. The van der Waals surface area contributed by atoms with Gasteiger partial charge in [-0.1, -0.05) is 60.8 Å². The minimum atomic E-state index is -2.45. The van der Waals surface area contributed by atoms with E-state index in [4.69, 9.17) is 13.3 Å². The fourth-order valence-corrected chi connectivity index (χ4v) is 9.64. The van der Waals surface area contributed by atoms with E-state index in [0.717, 1.165) is 12.1 Å². The standard InChI is InChI=1S/C15H30O3Si3/c1-16-21(17-2,18-3)13-12-20(6,7)15-10-8-14(9-11-15)19(4)5/h8-11,19H,12-13H2,1-7H3. The van der Waals surface area contributed by atoms with Gasteiger partial charge in [-0.25, -0.2) is 0 Å². The predicted octanol–water partition coefficient (Wildman–Crippen LogP) is 2.17. The third-order valence-electron chi connectivity index (χ3n) is 4.35. The summed E-state index contributed by atoms with van der Waals surface area (Å²) in [5.74, 6) is 0. The molecule has 0 heterocycles. The minimum absolute atomic E-state index is 0.700. The lowest BCUT2D eigenvalue weighted by Crippen LogP contribution is -2.48. The Hall–Kier alpha value is -0.249. The molecule has 0 spiro atoms. The average molecular weight is 343 g/mol. The second kappa shape index (κ2) is 7.85. The highest BCUT2D eigenvalue weighted by molar-refractivity contribution is 6.90. The maximum atomic E-state index is 5.54. The van der Waals surface area contributed by atoms with Crippen molar-refractivity contribution in [3.8, 4) is 0 Å². The first-order valence-electron chi connectivity index (χ1n) is 7.56. The lowest BCUT2D eigenvalue weighted by molar-refractivity contribution is 0.125. The van der Waals surface area contributed by atoms with E-state index in [9.17, 15) is 0 Å². The third-order valence-corrected chi connectivity index (χ3v) is 12.7. The van der Waals surface area contributed by atoms with Crippen LogP contribution >= 0.6 is 0 Å². The first-order valence-corrected chi connectivity index (χ1v) is 15.6. The van der Waals surface area contributed by atoms with Crippen LogP contribution in [0.1, 0.15) is 0 Å². The first kappa shape index (κ1) is 18.8. The number of benzene rings is 1. The Morgan fingerprint density at radius 3 is 1.71 bits per heavy atom. The van der Waals surface area contributed by atoms with Gasteiger partial charge in [-0.15, -0.1) is 0 Å². The summed E-state index contributed by atoms with van der Waals surface area (Å²) in [6.07, 6.45) is 0. The van der Waals surface area contributed by atoms with Crippen LogP contribution < -0.4 is 10.4 Å². The van der Waals surface area contributed by atoms with Gasteiger partial charge in [0.15, 0.2) is 0 Å². The molecule has 120 valence electrons. The molecule has 1 aromatic carbocycles. The summed E-state index contributed by atoms with van der Waals surface area (Å²) in [7, 11) is 0.438.